The van der Waals surface area contributed by atoms with Crippen LogP contribution in [0.25, 0.3) is 0 Å². The van der Waals surface area contributed by atoms with E-state index in [0.29, 0.717) is 10.2 Å². The average molecular weight is 218 g/mol. The molecule has 0 aliphatic carbocycles. The average Bonchev–Trinajstić information content (AvgIpc) is 2.33. The van der Waals surface area contributed by atoms with E-state index in [0.717, 1.165) is 0 Å². The number of carbonyl (C=O) groups excluding carboxylic acids is 1. The van der Waals surface area contributed by atoms with Crippen LogP contribution in [0, 0.1) is 0 Å². The van der Waals surface area contributed by atoms with Crippen molar-refractivity contribution in [3.05, 3.63) is 22.6 Å². The van der Waals surface area contributed by atoms with Crippen molar-refractivity contribution in [2.45, 2.75) is 0 Å². The van der Waals surface area contributed by atoms with Gasteiger partial charge in [-0.2, -0.15) is 0 Å². The summed E-state index contributed by atoms with van der Waals surface area (Å²) in [6.45, 7) is 0. The van der Waals surface area contributed by atoms with Crippen molar-refractivity contribution in [3.63, 3.8) is 0 Å². The van der Waals surface area contributed by atoms with E-state index in [1.54, 1.807) is 20.2 Å². The summed E-state index contributed by atoms with van der Waals surface area (Å²) in [4.78, 5) is 12.8. The van der Waals surface area contributed by atoms with Crippen LogP contribution in [0.5, 0.6) is 0 Å². The maximum absolute atomic E-state index is 11.3. The first-order valence-corrected chi connectivity index (χ1v) is 3.87. The third-order valence-corrected chi connectivity index (χ3v) is 1.87. The summed E-state index contributed by atoms with van der Waals surface area (Å²) in [5.41, 5.74) is 0.551. The Bertz CT molecular complexity index is 267. The molecular formula is C7H8BrNO2. The second-order valence-corrected chi connectivity index (χ2v) is 3.03. The van der Waals surface area contributed by atoms with Gasteiger partial charge in [-0.25, -0.2) is 0 Å². The van der Waals surface area contributed by atoms with E-state index in [1.165, 1.54) is 11.2 Å². The van der Waals surface area contributed by atoms with E-state index < -0.39 is 0 Å². The van der Waals surface area contributed by atoms with Gasteiger partial charge in [0.15, 0.2) is 4.67 Å². The summed E-state index contributed by atoms with van der Waals surface area (Å²) in [5.74, 6) is -0.0642. The monoisotopic (exact) mass is 217 g/mol. The van der Waals surface area contributed by atoms with E-state index in [9.17, 15) is 4.79 Å². The van der Waals surface area contributed by atoms with E-state index in [1.807, 2.05) is 0 Å². The molecule has 0 bridgehead atoms. The van der Waals surface area contributed by atoms with Gasteiger partial charge in [-0.1, -0.05) is 0 Å². The molecule has 0 saturated heterocycles. The number of rotatable bonds is 1. The fraction of sp³-hybridized carbons (Fsp3) is 0.286. The normalized spacial score (nSPS) is 9.73. The zero-order valence-electron chi connectivity index (χ0n) is 6.30. The van der Waals surface area contributed by atoms with Crippen molar-refractivity contribution >= 4 is 21.8 Å². The Morgan fingerprint density at radius 2 is 2.27 bits per heavy atom. The number of carbonyl (C=O) groups is 1. The summed E-state index contributed by atoms with van der Waals surface area (Å²) in [6, 6.07) is 1.63. The van der Waals surface area contributed by atoms with E-state index >= 15 is 0 Å². The van der Waals surface area contributed by atoms with Gasteiger partial charge in [0.25, 0.3) is 5.91 Å². The van der Waals surface area contributed by atoms with Gasteiger partial charge in [0, 0.05) is 14.1 Å². The van der Waals surface area contributed by atoms with Crippen molar-refractivity contribution in [2.24, 2.45) is 0 Å². The zero-order valence-corrected chi connectivity index (χ0v) is 7.88. The lowest BCUT2D eigenvalue weighted by Crippen LogP contribution is -2.21. The predicted octanol–water partition coefficient (Wildman–Crippen LogP) is 1.74. The van der Waals surface area contributed by atoms with E-state index in [4.69, 9.17) is 4.42 Å². The van der Waals surface area contributed by atoms with Crippen molar-refractivity contribution in [2.75, 3.05) is 14.1 Å². The minimum atomic E-state index is -0.0642. The first-order valence-electron chi connectivity index (χ1n) is 3.07. The maximum Gasteiger partial charge on any atom is 0.257 e. The van der Waals surface area contributed by atoms with Crippen LogP contribution >= 0.6 is 15.9 Å². The van der Waals surface area contributed by atoms with Gasteiger partial charge in [0.1, 0.15) is 0 Å². The highest BCUT2D eigenvalue weighted by Crippen LogP contribution is 2.18. The van der Waals surface area contributed by atoms with E-state index in [-0.39, 0.29) is 5.91 Å². The largest absolute Gasteiger partial charge is 0.457 e. The predicted molar refractivity (Wildman–Crippen MR) is 44.4 cm³/mol. The zero-order chi connectivity index (χ0) is 8.43. The molecule has 0 aromatic carbocycles. The lowest BCUT2D eigenvalue weighted by Gasteiger charge is -2.07. The Labute approximate surface area is 73.1 Å². The van der Waals surface area contributed by atoms with Gasteiger partial charge in [0.05, 0.1) is 11.8 Å². The molecule has 0 atom stereocenters. The molecule has 4 heteroatoms. The lowest BCUT2D eigenvalue weighted by molar-refractivity contribution is 0.0825. The van der Waals surface area contributed by atoms with Crippen LogP contribution in [0.3, 0.4) is 0 Å². The molecule has 1 aromatic heterocycles. The van der Waals surface area contributed by atoms with Crippen LogP contribution in [0.15, 0.2) is 21.4 Å². The molecule has 0 radical (unpaired) electrons. The minimum Gasteiger partial charge on any atom is -0.457 e. The standard InChI is InChI=1S/C7H8BrNO2/c1-9(2)7(10)5-3-4-11-6(5)8/h3-4H,1-2H3. The molecule has 1 aromatic rings. The molecule has 0 aliphatic heterocycles. The Hall–Kier alpha value is -0.770. The molecule has 0 saturated carbocycles. The molecule has 60 valence electrons. The number of amides is 1. The van der Waals surface area contributed by atoms with Crippen LogP contribution in [-0.4, -0.2) is 24.9 Å². The summed E-state index contributed by atoms with van der Waals surface area (Å²) in [5, 5.41) is 0. The van der Waals surface area contributed by atoms with E-state index in [2.05, 4.69) is 15.9 Å². The second kappa shape index (κ2) is 3.09. The van der Waals surface area contributed by atoms with Gasteiger partial charge < -0.3 is 9.32 Å². The topological polar surface area (TPSA) is 33.5 Å². The number of hydrogen-bond donors (Lipinski definition) is 0. The molecular weight excluding hydrogens is 210 g/mol. The molecule has 1 rings (SSSR count). The van der Waals surface area contributed by atoms with Gasteiger partial charge in [-0.3, -0.25) is 4.79 Å². The van der Waals surface area contributed by atoms with Gasteiger partial charge in [-0.05, 0) is 22.0 Å². The van der Waals surface area contributed by atoms with Crippen molar-refractivity contribution in [1.82, 2.24) is 4.90 Å². The number of hydrogen-bond acceptors (Lipinski definition) is 2. The fourth-order valence-corrected chi connectivity index (χ4v) is 1.10. The van der Waals surface area contributed by atoms with Crippen LogP contribution in [0.2, 0.25) is 0 Å². The summed E-state index contributed by atoms with van der Waals surface area (Å²) < 4.78 is 5.39. The summed E-state index contributed by atoms with van der Waals surface area (Å²) in [6.07, 6.45) is 1.47. The van der Waals surface area contributed by atoms with Crippen LogP contribution in [0.4, 0.5) is 0 Å². The second-order valence-electron chi connectivity index (χ2n) is 2.31. The number of furan rings is 1. The first kappa shape index (κ1) is 8.33. The highest BCUT2D eigenvalue weighted by atomic mass is 79.9. The highest BCUT2D eigenvalue weighted by Gasteiger charge is 2.13. The summed E-state index contributed by atoms with van der Waals surface area (Å²) >= 11 is 3.12. The van der Waals surface area contributed by atoms with Crippen LogP contribution in [-0.2, 0) is 0 Å². The fourth-order valence-electron chi connectivity index (χ4n) is 0.687. The first-order chi connectivity index (χ1) is 5.13. The van der Waals surface area contributed by atoms with Crippen molar-refractivity contribution < 1.29 is 9.21 Å². The molecule has 3 nitrogen and oxygen atoms in total. The highest BCUT2D eigenvalue weighted by molar-refractivity contribution is 9.10. The van der Waals surface area contributed by atoms with Crippen molar-refractivity contribution in [1.29, 1.82) is 0 Å². The van der Waals surface area contributed by atoms with Crippen molar-refractivity contribution in [3.8, 4) is 0 Å². The smallest absolute Gasteiger partial charge is 0.257 e. The molecule has 11 heavy (non-hydrogen) atoms. The number of nitrogens with zero attached hydrogens (tertiary/aromatic N) is 1. The Balaban J connectivity index is 2.93. The molecule has 0 N–H and O–H groups in total. The maximum atomic E-state index is 11.3. The molecule has 0 spiro atoms. The van der Waals surface area contributed by atoms with Gasteiger partial charge >= 0.3 is 0 Å². The Morgan fingerprint density at radius 1 is 1.64 bits per heavy atom. The Kier molecular flexibility index (Phi) is 2.34. The minimum absolute atomic E-state index is 0.0642. The summed E-state index contributed by atoms with van der Waals surface area (Å²) in [7, 11) is 3.39. The SMILES string of the molecule is CN(C)C(=O)c1ccoc1Br. The molecule has 1 amide bonds. The molecule has 0 aliphatic rings. The van der Waals surface area contributed by atoms with Gasteiger partial charge in [-0.15, -0.1) is 0 Å². The third-order valence-electron chi connectivity index (χ3n) is 1.25. The van der Waals surface area contributed by atoms with Crippen LogP contribution in [0.1, 0.15) is 10.4 Å². The number of halogens is 1. The van der Waals surface area contributed by atoms with Gasteiger partial charge in [0.2, 0.25) is 0 Å². The van der Waals surface area contributed by atoms with Crippen LogP contribution < -0.4 is 0 Å². The quantitative estimate of drug-likeness (QED) is 0.719. The molecule has 1 heterocycles. The Morgan fingerprint density at radius 3 is 2.64 bits per heavy atom. The molecule has 0 unspecified atom stereocenters. The lowest BCUT2D eigenvalue weighted by atomic mass is 10.3. The molecule has 0 fully saturated rings. The third kappa shape index (κ3) is 1.63.